The lowest BCUT2D eigenvalue weighted by Crippen LogP contribution is -2.09. The van der Waals surface area contributed by atoms with Crippen molar-refractivity contribution in [2.24, 2.45) is 5.92 Å². The maximum Gasteiger partial charge on any atom is 0.141 e. The van der Waals surface area contributed by atoms with Gasteiger partial charge in [-0.2, -0.15) is 0 Å². The highest BCUT2D eigenvalue weighted by Gasteiger charge is 2.16. The first-order chi connectivity index (χ1) is 7.81. The van der Waals surface area contributed by atoms with Crippen molar-refractivity contribution < 1.29 is 5.11 Å². The van der Waals surface area contributed by atoms with Gasteiger partial charge >= 0.3 is 0 Å². The van der Waals surface area contributed by atoms with Gasteiger partial charge in [-0.25, -0.2) is 0 Å². The number of nitrogens with one attached hydrogen (secondary N) is 1. The summed E-state index contributed by atoms with van der Waals surface area (Å²) in [6, 6.07) is 5.98. The van der Waals surface area contributed by atoms with Crippen LogP contribution in [-0.2, 0) is 6.42 Å². The molecular formula is C14H21NO. The Morgan fingerprint density at radius 1 is 1.25 bits per heavy atom. The lowest BCUT2D eigenvalue weighted by atomic mass is 9.84. The molecule has 0 aliphatic heterocycles. The first-order valence-corrected chi connectivity index (χ1v) is 6.30. The Bertz CT molecular complexity index is 343. The maximum atomic E-state index is 10.1. The minimum absolute atomic E-state index is 0.440. The minimum atomic E-state index is 0.440. The highest BCUT2D eigenvalue weighted by Crippen LogP contribution is 2.33. The van der Waals surface area contributed by atoms with Crippen LogP contribution in [0.25, 0.3) is 0 Å². The summed E-state index contributed by atoms with van der Waals surface area (Å²) < 4.78 is 0. The Balaban J connectivity index is 2.08. The lowest BCUT2D eigenvalue weighted by molar-refractivity contribution is 0.352. The topological polar surface area (TPSA) is 32.3 Å². The van der Waals surface area contributed by atoms with Crippen molar-refractivity contribution in [3.8, 4) is 5.75 Å². The van der Waals surface area contributed by atoms with Crippen LogP contribution in [0.2, 0.25) is 0 Å². The summed E-state index contributed by atoms with van der Waals surface area (Å²) in [6.07, 6.45) is 7.78. The molecule has 0 radical (unpaired) electrons. The second-order valence-electron chi connectivity index (χ2n) is 4.77. The van der Waals surface area contributed by atoms with E-state index < -0.39 is 0 Å². The molecule has 0 aromatic heterocycles. The molecule has 1 saturated carbocycles. The van der Waals surface area contributed by atoms with Gasteiger partial charge in [0.05, 0.1) is 5.69 Å². The first-order valence-electron chi connectivity index (χ1n) is 6.30. The van der Waals surface area contributed by atoms with Crippen LogP contribution in [0.5, 0.6) is 5.75 Å². The van der Waals surface area contributed by atoms with E-state index in [0.29, 0.717) is 5.75 Å². The summed E-state index contributed by atoms with van der Waals surface area (Å²) in [5.41, 5.74) is 1.94. The van der Waals surface area contributed by atoms with Crippen molar-refractivity contribution >= 4 is 5.69 Å². The molecule has 88 valence electrons. The third-order valence-electron chi connectivity index (χ3n) is 3.62. The zero-order chi connectivity index (χ0) is 11.4. The molecule has 0 spiro atoms. The highest BCUT2D eigenvalue weighted by atomic mass is 16.3. The molecule has 1 aliphatic rings. The van der Waals surface area contributed by atoms with Crippen molar-refractivity contribution in [3.05, 3.63) is 23.8 Å². The quantitative estimate of drug-likeness (QED) is 0.762. The molecule has 2 rings (SSSR count). The molecular weight excluding hydrogens is 198 g/mol. The molecule has 0 heterocycles. The molecule has 2 N–H and O–H groups in total. The van der Waals surface area contributed by atoms with Gasteiger partial charge in [-0.05, 0) is 24.0 Å². The summed E-state index contributed by atoms with van der Waals surface area (Å²) in [5, 5.41) is 13.1. The Morgan fingerprint density at radius 2 is 2.00 bits per heavy atom. The van der Waals surface area contributed by atoms with Crippen LogP contribution in [-0.4, -0.2) is 12.2 Å². The van der Waals surface area contributed by atoms with E-state index in [0.717, 1.165) is 23.6 Å². The molecule has 0 bridgehead atoms. The average Bonchev–Trinajstić information content (AvgIpc) is 2.33. The molecule has 16 heavy (non-hydrogen) atoms. The molecule has 2 nitrogen and oxygen atoms in total. The van der Waals surface area contributed by atoms with Gasteiger partial charge in [0.1, 0.15) is 5.75 Å². The van der Waals surface area contributed by atoms with Gasteiger partial charge in [0, 0.05) is 7.05 Å². The van der Waals surface area contributed by atoms with Gasteiger partial charge < -0.3 is 10.4 Å². The second kappa shape index (κ2) is 5.24. The van der Waals surface area contributed by atoms with Crippen LogP contribution in [0, 0.1) is 5.92 Å². The molecule has 1 fully saturated rings. The average molecular weight is 219 g/mol. The van der Waals surface area contributed by atoms with E-state index in [1.54, 1.807) is 0 Å². The Morgan fingerprint density at radius 3 is 2.69 bits per heavy atom. The van der Waals surface area contributed by atoms with E-state index in [1.807, 2.05) is 25.2 Å². The minimum Gasteiger partial charge on any atom is -0.505 e. The normalized spacial score (nSPS) is 17.3. The smallest absolute Gasteiger partial charge is 0.141 e. The van der Waals surface area contributed by atoms with E-state index in [1.165, 1.54) is 32.1 Å². The van der Waals surface area contributed by atoms with Crippen molar-refractivity contribution in [2.45, 2.75) is 38.5 Å². The number of phenols is 1. The van der Waals surface area contributed by atoms with Crippen LogP contribution >= 0.6 is 0 Å². The second-order valence-corrected chi connectivity index (χ2v) is 4.77. The molecule has 0 unspecified atom stereocenters. The lowest BCUT2D eigenvalue weighted by Gasteiger charge is -2.22. The fourth-order valence-corrected chi connectivity index (χ4v) is 2.66. The van der Waals surface area contributed by atoms with Gasteiger partial charge in [0.2, 0.25) is 0 Å². The van der Waals surface area contributed by atoms with E-state index in [4.69, 9.17) is 0 Å². The maximum absolute atomic E-state index is 10.1. The predicted molar refractivity (Wildman–Crippen MR) is 67.9 cm³/mol. The summed E-state index contributed by atoms with van der Waals surface area (Å²) >= 11 is 0. The predicted octanol–water partition coefficient (Wildman–Crippen LogP) is 3.56. The Kier molecular flexibility index (Phi) is 3.70. The molecule has 2 heteroatoms. The Hall–Kier alpha value is -1.18. The first kappa shape index (κ1) is 11.3. The number of rotatable bonds is 3. The fraction of sp³-hybridized carbons (Fsp3) is 0.571. The van der Waals surface area contributed by atoms with Crippen LogP contribution in [0.3, 0.4) is 0 Å². The van der Waals surface area contributed by atoms with Gasteiger partial charge in [0.25, 0.3) is 0 Å². The van der Waals surface area contributed by atoms with Crippen LogP contribution < -0.4 is 5.32 Å². The number of hydrogen-bond acceptors (Lipinski definition) is 2. The monoisotopic (exact) mass is 219 g/mol. The fourth-order valence-electron chi connectivity index (χ4n) is 2.66. The van der Waals surface area contributed by atoms with E-state index in [-0.39, 0.29) is 0 Å². The third-order valence-corrected chi connectivity index (χ3v) is 3.62. The summed E-state index contributed by atoms with van der Waals surface area (Å²) in [6.45, 7) is 0. The number of aromatic hydroxyl groups is 1. The van der Waals surface area contributed by atoms with Crippen LogP contribution in [0.4, 0.5) is 5.69 Å². The molecule has 1 aliphatic carbocycles. The number of para-hydroxylation sites is 1. The number of phenolic OH excluding ortho intramolecular Hbond substituents is 1. The summed E-state index contributed by atoms with van der Waals surface area (Å²) in [5.74, 6) is 1.21. The summed E-state index contributed by atoms with van der Waals surface area (Å²) in [7, 11) is 1.85. The van der Waals surface area contributed by atoms with E-state index in [2.05, 4.69) is 5.32 Å². The number of anilines is 1. The van der Waals surface area contributed by atoms with Gasteiger partial charge in [-0.15, -0.1) is 0 Å². The zero-order valence-electron chi connectivity index (χ0n) is 10.00. The molecule has 0 saturated heterocycles. The molecule has 0 atom stereocenters. The highest BCUT2D eigenvalue weighted by molar-refractivity contribution is 5.58. The van der Waals surface area contributed by atoms with Crippen molar-refractivity contribution in [2.75, 3.05) is 12.4 Å². The number of benzene rings is 1. The van der Waals surface area contributed by atoms with Gasteiger partial charge in [-0.1, -0.05) is 44.2 Å². The van der Waals surface area contributed by atoms with Crippen molar-refractivity contribution in [3.63, 3.8) is 0 Å². The van der Waals surface area contributed by atoms with Crippen molar-refractivity contribution in [1.29, 1.82) is 0 Å². The summed E-state index contributed by atoms with van der Waals surface area (Å²) in [4.78, 5) is 0. The molecule has 1 aromatic rings. The SMILES string of the molecule is CNc1cccc(CC2CCCCC2)c1O. The van der Waals surface area contributed by atoms with Crippen molar-refractivity contribution in [1.82, 2.24) is 0 Å². The third kappa shape index (κ3) is 2.49. The molecule has 1 aromatic carbocycles. The van der Waals surface area contributed by atoms with Crippen LogP contribution in [0.1, 0.15) is 37.7 Å². The van der Waals surface area contributed by atoms with Gasteiger partial charge in [0.15, 0.2) is 0 Å². The number of hydrogen-bond donors (Lipinski definition) is 2. The van der Waals surface area contributed by atoms with E-state index >= 15 is 0 Å². The van der Waals surface area contributed by atoms with E-state index in [9.17, 15) is 5.11 Å². The van der Waals surface area contributed by atoms with Gasteiger partial charge in [-0.3, -0.25) is 0 Å². The largest absolute Gasteiger partial charge is 0.505 e. The molecule has 0 amide bonds. The standard InChI is InChI=1S/C14H21NO/c1-15-13-9-5-8-12(14(13)16)10-11-6-3-2-4-7-11/h5,8-9,11,15-16H,2-4,6-7,10H2,1H3. The zero-order valence-corrected chi connectivity index (χ0v) is 10.00. The van der Waals surface area contributed by atoms with Crippen LogP contribution in [0.15, 0.2) is 18.2 Å². The Labute approximate surface area is 97.7 Å².